The summed E-state index contributed by atoms with van der Waals surface area (Å²) in [7, 11) is 0. The van der Waals surface area contributed by atoms with Crippen molar-refractivity contribution in [1.29, 1.82) is 0 Å². The van der Waals surface area contributed by atoms with Crippen molar-refractivity contribution in [3.63, 3.8) is 0 Å². The normalized spacial score (nSPS) is 22.0. The van der Waals surface area contributed by atoms with Gasteiger partial charge in [0.25, 0.3) is 0 Å². The maximum atomic E-state index is 12.7. The maximum Gasteiger partial charge on any atom is 0.184 e. The van der Waals surface area contributed by atoms with Crippen molar-refractivity contribution in [2.24, 2.45) is 10.9 Å². The number of aliphatic imine (C=N–C) groups is 1. The number of nitrogens with zero attached hydrogens (tertiary/aromatic N) is 2. The molecule has 1 unspecified atom stereocenters. The number of allylic oxidation sites excluding steroid dienone is 5. The van der Waals surface area contributed by atoms with E-state index in [1.807, 2.05) is 36.4 Å². The van der Waals surface area contributed by atoms with E-state index in [0.717, 1.165) is 42.4 Å². The van der Waals surface area contributed by atoms with Gasteiger partial charge in [-0.05, 0) is 54.5 Å². The second-order valence-electron chi connectivity index (χ2n) is 5.84. The number of hydrogen-bond donors (Lipinski definition) is 0. The van der Waals surface area contributed by atoms with E-state index in [1.165, 1.54) is 6.20 Å². The second kappa shape index (κ2) is 9.56. The lowest BCUT2D eigenvalue weighted by molar-refractivity contribution is -0.113. The highest BCUT2D eigenvalue weighted by atomic mass is 16.1. The van der Waals surface area contributed by atoms with Crippen LogP contribution in [0.25, 0.3) is 6.08 Å². The van der Waals surface area contributed by atoms with Gasteiger partial charge in [0.15, 0.2) is 5.78 Å². The van der Waals surface area contributed by atoms with Crippen LogP contribution in [0.4, 0.5) is 0 Å². The molecule has 0 amide bonds. The van der Waals surface area contributed by atoms with Crippen molar-refractivity contribution < 1.29 is 4.79 Å². The average Bonchev–Trinajstić information content (AvgIpc) is 2.61. The number of Topliss-reactive ketones (excluding diaryl/α,β-unsaturated/α-hetero) is 1. The van der Waals surface area contributed by atoms with E-state index in [9.17, 15) is 4.79 Å². The molecule has 0 aromatic carbocycles. The number of ketones is 1. The van der Waals surface area contributed by atoms with Crippen LogP contribution in [-0.2, 0) is 4.79 Å². The highest BCUT2D eigenvalue weighted by molar-refractivity contribution is 6.11. The predicted molar refractivity (Wildman–Crippen MR) is 101 cm³/mol. The van der Waals surface area contributed by atoms with Crippen molar-refractivity contribution in [3.8, 4) is 0 Å². The van der Waals surface area contributed by atoms with Gasteiger partial charge in [-0.1, -0.05) is 38.1 Å². The highest BCUT2D eigenvalue weighted by Gasteiger charge is 2.26. The lowest BCUT2D eigenvalue weighted by atomic mass is 9.79. The van der Waals surface area contributed by atoms with Gasteiger partial charge < -0.3 is 0 Å². The summed E-state index contributed by atoms with van der Waals surface area (Å²) in [5.74, 6) is 0.708. The van der Waals surface area contributed by atoms with Gasteiger partial charge in [0.05, 0.1) is 0 Å². The molecule has 0 aliphatic heterocycles. The number of aromatic nitrogens is 1. The fourth-order valence-electron chi connectivity index (χ4n) is 2.80. The van der Waals surface area contributed by atoms with Crippen LogP contribution in [0.1, 0.15) is 38.2 Å². The lowest BCUT2D eigenvalue weighted by Crippen LogP contribution is -2.19. The van der Waals surface area contributed by atoms with Gasteiger partial charge in [0.1, 0.15) is 0 Å². The fraction of sp³-hybridized carbons (Fsp3) is 0.286. The molecule has 24 heavy (non-hydrogen) atoms. The maximum absolute atomic E-state index is 12.7. The Bertz CT molecular complexity index is 681. The topological polar surface area (TPSA) is 42.3 Å². The Morgan fingerprint density at radius 2 is 2.21 bits per heavy atom. The number of hydrogen-bond acceptors (Lipinski definition) is 3. The Hall–Kier alpha value is -2.55. The molecular weight excluding hydrogens is 296 g/mol. The van der Waals surface area contributed by atoms with Crippen molar-refractivity contribution >= 4 is 18.1 Å². The van der Waals surface area contributed by atoms with Crippen molar-refractivity contribution in [2.75, 3.05) is 0 Å². The summed E-state index contributed by atoms with van der Waals surface area (Å²) >= 11 is 0. The molecule has 3 heteroatoms. The van der Waals surface area contributed by atoms with E-state index < -0.39 is 0 Å². The van der Waals surface area contributed by atoms with E-state index in [1.54, 1.807) is 18.6 Å². The molecule has 1 atom stereocenters. The van der Waals surface area contributed by atoms with E-state index >= 15 is 0 Å². The van der Waals surface area contributed by atoms with Gasteiger partial charge >= 0.3 is 0 Å². The van der Waals surface area contributed by atoms with Crippen LogP contribution in [0, 0.1) is 5.92 Å². The Kier molecular flexibility index (Phi) is 7.09. The molecule has 1 aromatic rings. The molecule has 3 nitrogen and oxygen atoms in total. The van der Waals surface area contributed by atoms with Crippen LogP contribution < -0.4 is 0 Å². The van der Waals surface area contributed by atoms with E-state index in [-0.39, 0.29) is 5.78 Å². The molecule has 1 aromatic heterocycles. The van der Waals surface area contributed by atoms with Gasteiger partial charge in [-0.25, -0.2) is 0 Å². The molecular formula is C21H24N2O. The number of carbonyl (C=O) groups excluding carboxylic acids is 1. The molecule has 0 N–H and O–H groups in total. The van der Waals surface area contributed by atoms with Crippen molar-refractivity contribution in [1.82, 2.24) is 4.98 Å². The smallest absolute Gasteiger partial charge is 0.184 e. The molecule has 1 fully saturated rings. The van der Waals surface area contributed by atoms with E-state index in [4.69, 9.17) is 0 Å². The molecule has 1 heterocycles. The van der Waals surface area contributed by atoms with Crippen LogP contribution in [0.15, 0.2) is 71.7 Å². The number of rotatable bonds is 6. The summed E-state index contributed by atoms with van der Waals surface area (Å²) in [5.41, 5.74) is 2.80. The fourth-order valence-corrected chi connectivity index (χ4v) is 2.80. The number of pyridine rings is 1. The Morgan fingerprint density at radius 3 is 2.92 bits per heavy atom. The summed E-state index contributed by atoms with van der Waals surface area (Å²) in [6, 6.07) is 3.87. The zero-order valence-electron chi connectivity index (χ0n) is 14.2. The number of carbonyl (C=O) groups is 1. The monoisotopic (exact) mass is 320 g/mol. The molecule has 2 rings (SSSR count). The molecule has 124 valence electrons. The quantitative estimate of drug-likeness (QED) is 0.550. The van der Waals surface area contributed by atoms with Gasteiger partial charge in [-0.3, -0.25) is 14.8 Å². The zero-order valence-corrected chi connectivity index (χ0v) is 14.2. The van der Waals surface area contributed by atoms with Crippen molar-refractivity contribution in [3.05, 3.63) is 72.2 Å². The van der Waals surface area contributed by atoms with Crippen LogP contribution in [0.5, 0.6) is 0 Å². The molecule has 0 bridgehead atoms. The minimum Gasteiger partial charge on any atom is -0.289 e. The predicted octanol–water partition coefficient (Wildman–Crippen LogP) is 4.94. The van der Waals surface area contributed by atoms with Crippen LogP contribution >= 0.6 is 0 Å². The van der Waals surface area contributed by atoms with Gasteiger partial charge in [-0.2, -0.15) is 0 Å². The third kappa shape index (κ3) is 5.27. The Balaban J connectivity index is 2.15. The Labute approximate surface area is 144 Å². The SMILES string of the molecule is C=CN=C/C=C\C/C=C1\CC(CC)C/C(=C\c2cccnc2)C1=O. The summed E-state index contributed by atoms with van der Waals surface area (Å²) in [5, 5.41) is 0. The highest BCUT2D eigenvalue weighted by Crippen LogP contribution is 2.33. The first-order chi connectivity index (χ1) is 11.7. The summed E-state index contributed by atoms with van der Waals surface area (Å²) < 4.78 is 0. The van der Waals surface area contributed by atoms with Crippen LogP contribution in [0.2, 0.25) is 0 Å². The van der Waals surface area contributed by atoms with Gasteiger partial charge in [0.2, 0.25) is 0 Å². The molecule has 0 spiro atoms. The summed E-state index contributed by atoms with van der Waals surface area (Å²) in [4.78, 5) is 20.8. The standard InChI is InChI=1S/C21H24N2O/c1-3-17-13-19(10-6-5-7-11-22-4-2)21(24)20(14-17)15-18-9-8-12-23-16-18/h4-5,7-12,15-17H,2-3,6,13-14H2,1H3/b7-5-,19-10+,20-15+,22-11?. The van der Waals surface area contributed by atoms with Gasteiger partial charge in [-0.15, -0.1) is 0 Å². The molecule has 0 radical (unpaired) electrons. The first kappa shape index (κ1) is 17.8. The second-order valence-corrected chi connectivity index (χ2v) is 5.84. The van der Waals surface area contributed by atoms with Crippen LogP contribution in [-0.4, -0.2) is 17.0 Å². The first-order valence-corrected chi connectivity index (χ1v) is 8.38. The minimum absolute atomic E-state index is 0.178. The van der Waals surface area contributed by atoms with Crippen LogP contribution in [0.3, 0.4) is 0 Å². The van der Waals surface area contributed by atoms with E-state index in [2.05, 4.69) is 23.5 Å². The van der Waals surface area contributed by atoms with Crippen molar-refractivity contribution in [2.45, 2.75) is 32.6 Å². The molecule has 1 saturated carbocycles. The van der Waals surface area contributed by atoms with Gasteiger partial charge in [0, 0.05) is 30.4 Å². The zero-order chi connectivity index (χ0) is 17.2. The molecule has 0 saturated heterocycles. The summed E-state index contributed by atoms with van der Waals surface area (Å²) in [6.07, 6.45) is 18.1. The summed E-state index contributed by atoms with van der Waals surface area (Å²) in [6.45, 7) is 5.71. The Morgan fingerprint density at radius 1 is 1.38 bits per heavy atom. The third-order valence-corrected chi connectivity index (χ3v) is 4.12. The molecule has 1 aliphatic carbocycles. The lowest BCUT2D eigenvalue weighted by Gasteiger charge is -2.24. The minimum atomic E-state index is 0.178. The average molecular weight is 320 g/mol. The molecule has 1 aliphatic rings. The third-order valence-electron chi connectivity index (χ3n) is 4.12. The van der Waals surface area contributed by atoms with E-state index in [0.29, 0.717) is 5.92 Å². The first-order valence-electron chi connectivity index (χ1n) is 8.38. The largest absolute Gasteiger partial charge is 0.289 e.